The molecule has 132 valence electrons. The van der Waals surface area contributed by atoms with E-state index in [1.165, 1.54) is 5.01 Å². The topological polar surface area (TPSA) is 62.1 Å². The summed E-state index contributed by atoms with van der Waals surface area (Å²) < 4.78 is 6.24. The Morgan fingerprint density at radius 1 is 1.27 bits per heavy atom. The van der Waals surface area contributed by atoms with Gasteiger partial charge in [-0.25, -0.2) is 0 Å². The van der Waals surface area contributed by atoms with Gasteiger partial charge in [0.1, 0.15) is 11.5 Å². The highest BCUT2D eigenvalue weighted by molar-refractivity contribution is 9.10. The molecule has 2 aromatic carbocycles. The molecule has 1 amide bonds. The lowest BCUT2D eigenvalue weighted by atomic mass is 10.2. The normalized spacial score (nSPS) is 16.1. The van der Waals surface area contributed by atoms with E-state index in [2.05, 4.69) is 21.0 Å². The van der Waals surface area contributed by atoms with E-state index in [4.69, 9.17) is 17.0 Å². The number of thioether (sulfide) groups is 1. The molecule has 3 rings (SSSR count). The van der Waals surface area contributed by atoms with Gasteiger partial charge < -0.3 is 9.84 Å². The van der Waals surface area contributed by atoms with Crippen LogP contribution in [0.15, 0.2) is 56.9 Å². The number of ether oxygens (including phenoxy) is 1. The van der Waals surface area contributed by atoms with E-state index < -0.39 is 0 Å². The molecule has 8 heteroatoms. The summed E-state index contributed by atoms with van der Waals surface area (Å²) in [5, 5.41) is 15.3. The standard InChI is InChI=1S/C18H13BrN2O3S2/c1-24-14-5-2-11(3-6-14)10-20-21-17(23)16(26-18(21)25)9-12-8-13(19)4-7-15(12)22/h2-10,22H,1H3. The van der Waals surface area contributed by atoms with Crippen molar-refractivity contribution in [1.82, 2.24) is 5.01 Å². The fraction of sp³-hybridized carbons (Fsp3) is 0.0556. The van der Waals surface area contributed by atoms with Crippen LogP contribution in [0.2, 0.25) is 0 Å². The second-order valence-electron chi connectivity index (χ2n) is 5.21. The third-order valence-corrected chi connectivity index (χ3v) is 5.26. The number of rotatable bonds is 4. The molecule has 26 heavy (non-hydrogen) atoms. The first-order valence-electron chi connectivity index (χ1n) is 7.42. The van der Waals surface area contributed by atoms with Crippen molar-refractivity contribution in [3.05, 3.63) is 63.0 Å². The number of methoxy groups -OCH3 is 1. The molecular formula is C18H13BrN2O3S2. The number of nitrogens with zero attached hydrogens (tertiary/aromatic N) is 2. The number of carbonyl (C=O) groups is 1. The zero-order valence-corrected chi connectivity index (χ0v) is 16.8. The van der Waals surface area contributed by atoms with Crippen LogP contribution >= 0.6 is 39.9 Å². The van der Waals surface area contributed by atoms with E-state index in [0.29, 0.717) is 14.8 Å². The predicted molar refractivity (Wildman–Crippen MR) is 111 cm³/mol. The number of hydrazone groups is 1. The molecule has 1 aliphatic rings. The Morgan fingerprint density at radius 3 is 2.69 bits per heavy atom. The van der Waals surface area contributed by atoms with Crippen molar-refractivity contribution < 1.29 is 14.6 Å². The van der Waals surface area contributed by atoms with Crippen molar-refractivity contribution >= 4 is 62.4 Å². The van der Waals surface area contributed by atoms with Gasteiger partial charge in [0.05, 0.1) is 18.2 Å². The molecule has 5 nitrogen and oxygen atoms in total. The maximum atomic E-state index is 12.6. The van der Waals surface area contributed by atoms with Gasteiger partial charge in [0.15, 0.2) is 4.32 Å². The number of hydrogen-bond donors (Lipinski definition) is 1. The average molecular weight is 449 g/mol. The molecular weight excluding hydrogens is 436 g/mol. The summed E-state index contributed by atoms with van der Waals surface area (Å²) in [4.78, 5) is 13.0. The van der Waals surface area contributed by atoms with Crippen molar-refractivity contribution in [1.29, 1.82) is 0 Å². The van der Waals surface area contributed by atoms with Crippen molar-refractivity contribution in [2.24, 2.45) is 5.10 Å². The summed E-state index contributed by atoms with van der Waals surface area (Å²) in [5.74, 6) is 0.494. The number of halogens is 1. The quantitative estimate of drug-likeness (QED) is 0.426. The van der Waals surface area contributed by atoms with Crippen LogP contribution in [0.4, 0.5) is 0 Å². The summed E-state index contributed by atoms with van der Waals surface area (Å²) in [7, 11) is 1.60. The molecule has 2 aromatic rings. The number of carbonyl (C=O) groups excluding carboxylic acids is 1. The van der Waals surface area contributed by atoms with Crippen LogP contribution in [0.3, 0.4) is 0 Å². The van der Waals surface area contributed by atoms with E-state index in [9.17, 15) is 9.90 Å². The van der Waals surface area contributed by atoms with Gasteiger partial charge in [0.25, 0.3) is 5.91 Å². The van der Waals surface area contributed by atoms with Gasteiger partial charge in [0.2, 0.25) is 0 Å². The minimum absolute atomic E-state index is 0.0835. The number of thiocarbonyl (C=S) groups is 1. The third kappa shape index (κ3) is 4.14. The number of hydrogen-bond acceptors (Lipinski definition) is 6. The molecule has 0 aliphatic carbocycles. The van der Waals surface area contributed by atoms with Gasteiger partial charge in [-0.2, -0.15) is 10.1 Å². The van der Waals surface area contributed by atoms with Crippen LogP contribution in [-0.2, 0) is 4.79 Å². The Morgan fingerprint density at radius 2 is 2.00 bits per heavy atom. The lowest BCUT2D eigenvalue weighted by molar-refractivity contribution is -0.122. The Hall–Kier alpha value is -2.16. The Bertz CT molecular complexity index is 927. The molecule has 1 N–H and O–H groups in total. The second-order valence-corrected chi connectivity index (χ2v) is 7.81. The zero-order valence-electron chi connectivity index (χ0n) is 13.5. The van der Waals surface area contributed by atoms with Crippen molar-refractivity contribution in [2.45, 2.75) is 0 Å². The van der Waals surface area contributed by atoms with Crippen LogP contribution < -0.4 is 4.74 Å². The summed E-state index contributed by atoms with van der Waals surface area (Å²) >= 11 is 9.73. The lowest BCUT2D eigenvalue weighted by Gasteiger charge is -2.06. The molecule has 1 saturated heterocycles. The van der Waals surface area contributed by atoms with E-state index >= 15 is 0 Å². The first-order chi connectivity index (χ1) is 12.5. The highest BCUT2D eigenvalue weighted by Gasteiger charge is 2.32. The summed E-state index contributed by atoms with van der Waals surface area (Å²) in [6.45, 7) is 0. The first-order valence-corrected chi connectivity index (χ1v) is 9.44. The molecule has 0 bridgehead atoms. The lowest BCUT2D eigenvalue weighted by Crippen LogP contribution is -2.22. The molecule has 1 aliphatic heterocycles. The molecule has 0 radical (unpaired) electrons. The summed E-state index contributed by atoms with van der Waals surface area (Å²) in [6, 6.07) is 12.3. The van der Waals surface area contributed by atoms with Crippen molar-refractivity contribution in [3.63, 3.8) is 0 Å². The first kappa shape index (κ1) is 18.6. The van der Waals surface area contributed by atoms with Gasteiger partial charge in [0, 0.05) is 10.0 Å². The highest BCUT2D eigenvalue weighted by Crippen LogP contribution is 2.34. The molecule has 0 aromatic heterocycles. The van der Waals surface area contributed by atoms with Gasteiger partial charge >= 0.3 is 0 Å². The molecule has 0 atom stereocenters. The van der Waals surface area contributed by atoms with E-state index in [0.717, 1.165) is 27.5 Å². The monoisotopic (exact) mass is 448 g/mol. The number of phenolic OH excluding ortho intramolecular Hbond substituents is 1. The van der Waals surface area contributed by atoms with Crippen LogP contribution in [0, 0.1) is 0 Å². The zero-order chi connectivity index (χ0) is 18.7. The molecule has 0 spiro atoms. The minimum Gasteiger partial charge on any atom is -0.507 e. The fourth-order valence-corrected chi connectivity index (χ4v) is 3.70. The number of benzene rings is 2. The maximum absolute atomic E-state index is 12.6. The predicted octanol–water partition coefficient (Wildman–Crippen LogP) is 4.40. The Balaban J connectivity index is 1.81. The van der Waals surface area contributed by atoms with Gasteiger partial charge in [-0.3, -0.25) is 4.79 Å². The second kappa shape index (κ2) is 8.03. The summed E-state index contributed by atoms with van der Waals surface area (Å²) in [6.07, 6.45) is 3.16. The average Bonchev–Trinajstić information content (AvgIpc) is 2.90. The minimum atomic E-state index is -0.330. The van der Waals surface area contributed by atoms with Crippen molar-refractivity contribution in [2.75, 3.05) is 7.11 Å². The summed E-state index contributed by atoms with van der Waals surface area (Å²) in [5.41, 5.74) is 1.34. The highest BCUT2D eigenvalue weighted by atomic mass is 79.9. The van der Waals surface area contributed by atoms with E-state index in [1.807, 2.05) is 24.3 Å². The van der Waals surface area contributed by atoms with Gasteiger partial charge in [-0.15, -0.1) is 0 Å². The van der Waals surface area contributed by atoms with E-state index in [-0.39, 0.29) is 11.7 Å². The number of amides is 1. The maximum Gasteiger partial charge on any atom is 0.286 e. The Kier molecular flexibility index (Phi) is 5.75. The number of phenols is 1. The van der Waals surface area contributed by atoms with Crippen molar-refractivity contribution in [3.8, 4) is 11.5 Å². The molecule has 0 unspecified atom stereocenters. The number of aromatic hydroxyl groups is 1. The third-order valence-electron chi connectivity index (χ3n) is 3.49. The van der Waals surface area contributed by atoms with Gasteiger partial charge in [-0.05, 0) is 66.3 Å². The van der Waals surface area contributed by atoms with E-state index in [1.54, 1.807) is 37.6 Å². The van der Waals surface area contributed by atoms with Crippen LogP contribution in [0.25, 0.3) is 6.08 Å². The van der Waals surface area contributed by atoms with Crippen LogP contribution in [-0.4, -0.2) is 33.7 Å². The smallest absolute Gasteiger partial charge is 0.286 e. The van der Waals surface area contributed by atoms with Gasteiger partial charge in [-0.1, -0.05) is 27.7 Å². The molecule has 1 fully saturated rings. The molecule has 0 saturated carbocycles. The van der Waals surface area contributed by atoms with Crippen LogP contribution in [0.1, 0.15) is 11.1 Å². The van der Waals surface area contributed by atoms with Crippen LogP contribution in [0.5, 0.6) is 11.5 Å². The molecule has 1 heterocycles. The SMILES string of the molecule is COc1ccc(C=NN2C(=O)C(=Cc3cc(Br)ccc3O)SC2=S)cc1. The Labute approximate surface area is 168 Å². The fourth-order valence-electron chi connectivity index (χ4n) is 2.16. The largest absolute Gasteiger partial charge is 0.507 e.